The smallest absolute Gasteiger partial charge is 0.0239 e. The molecule has 0 saturated heterocycles. The first kappa shape index (κ1) is 11.2. The Balaban J connectivity index is 2.36. The number of nitrogens with zero attached hydrogens (tertiary/aromatic N) is 1. The van der Waals surface area contributed by atoms with Crippen LogP contribution in [0, 0.1) is 0 Å². The molecule has 1 nitrogen and oxygen atoms in total. The van der Waals surface area contributed by atoms with Gasteiger partial charge in [-0.15, -0.1) is 0 Å². The van der Waals surface area contributed by atoms with Crippen LogP contribution in [0.5, 0.6) is 0 Å². The minimum atomic E-state index is 1.05. The Labute approximate surface area is 97.7 Å². The van der Waals surface area contributed by atoms with E-state index in [9.17, 15) is 0 Å². The van der Waals surface area contributed by atoms with Gasteiger partial charge in [-0.3, -0.25) is 4.90 Å². The molecule has 0 radical (unpaired) electrons. The third-order valence-electron chi connectivity index (χ3n) is 3.17. The normalized spacial score (nSPS) is 11.2. The lowest BCUT2D eigenvalue weighted by molar-refractivity contribution is 0.297. The second-order valence-corrected chi connectivity index (χ2v) is 4.10. The Morgan fingerprint density at radius 2 is 1.56 bits per heavy atom. The zero-order valence-corrected chi connectivity index (χ0v) is 10.1. The number of rotatable bonds is 4. The lowest BCUT2D eigenvalue weighted by Gasteiger charge is -2.19. The van der Waals surface area contributed by atoms with E-state index < -0.39 is 0 Å². The highest BCUT2D eigenvalue weighted by molar-refractivity contribution is 5.85. The van der Waals surface area contributed by atoms with E-state index in [1.54, 1.807) is 0 Å². The summed E-state index contributed by atoms with van der Waals surface area (Å²) in [5.41, 5.74) is 1.43. The summed E-state index contributed by atoms with van der Waals surface area (Å²) in [6.45, 7) is 7.71. The van der Waals surface area contributed by atoms with Crippen molar-refractivity contribution >= 4 is 10.8 Å². The Kier molecular flexibility index (Phi) is 3.58. The van der Waals surface area contributed by atoms with E-state index >= 15 is 0 Å². The van der Waals surface area contributed by atoms with Gasteiger partial charge in [-0.05, 0) is 29.4 Å². The van der Waals surface area contributed by atoms with Gasteiger partial charge in [0.1, 0.15) is 0 Å². The van der Waals surface area contributed by atoms with E-state index in [2.05, 4.69) is 61.2 Å². The lowest BCUT2D eigenvalue weighted by Crippen LogP contribution is -2.22. The molecule has 0 fully saturated rings. The summed E-state index contributed by atoms with van der Waals surface area (Å²) in [5.74, 6) is 0. The average molecular weight is 213 g/mol. The van der Waals surface area contributed by atoms with Gasteiger partial charge in [-0.1, -0.05) is 56.3 Å². The van der Waals surface area contributed by atoms with E-state index in [1.165, 1.54) is 16.3 Å². The fraction of sp³-hybridized carbons (Fsp3) is 0.333. The summed E-state index contributed by atoms with van der Waals surface area (Å²) in [6, 6.07) is 15.2. The van der Waals surface area contributed by atoms with Gasteiger partial charge in [0.15, 0.2) is 0 Å². The van der Waals surface area contributed by atoms with Gasteiger partial charge in [-0.25, -0.2) is 0 Å². The fourth-order valence-corrected chi connectivity index (χ4v) is 2.12. The summed E-state index contributed by atoms with van der Waals surface area (Å²) in [4.78, 5) is 2.45. The zero-order chi connectivity index (χ0) is 11.4. The van der Waals surface area contributed by atoms with Crippen molar-refractivity contribution in [3.63, 3.8) is 0 Å². The summed E-state index contributed by atoms with van der Waals surface area (Å²) in [5, 5.41) is 2.73. The van der Waals surface area contributed by atoms with Crippen LogP contribution < -0.4 is 0 Å². The quantitative estimate of drug-likeness (QED) is 0.749. The van der Waals surface area contributed by atoms with E-state index in [-0.39, 0.29) is 0 Å². The molecule has 2 rings (SSSR count). The first-order chi connectivity index (χ1) is 7.85. The molecule has 0 N–H and O–H groups in total. The van der Waals surface area contributed by atoms with Crippen molar-refractivity contribution < 1.29 is 0 Å². The van der Waals surface area contributed by atoms with Crippen molar-refractivity contribution in [2.24, 2.45) is 0 Å². The predicted octanol–water partition coefficient (Wildman–Crippen LogP) is 3.68. The molecule has 0 aliphatic carbocycles. The summed E-state index contributed by atoms with van der Waals surface area (Å²) >= 11 is 0. The molecule has 0 atom stereocenters. The maximum atomic E-state index is 2.45. The van der Waals surface area contributed by atoms with Crippen molar-refractivity contribution in [1.82, 2.24) is 4.90 Å². The monoisotopic (exact) mass is 213 g/mol. The van der Waals surface area contributed by atoms with Gasteiger partial charge in [0.2, 0.25) is 0 Å². The van der Waals surface area contributed by atoms with Gasteiger partial charge in [0, 0.05) is 6.54 Å². The zero-order valence-electron chi connectivity index (χ0n) is 10.1. The second-order valence-electron chi connectivity index (χ2n) is 4.10. The van der Waals surface area contributed by atoms with Gasteiger partial charge in [-0.2, -0.15) is 0 Å². The van der Waals surface area contributed by atoms with Crippen LogP contribution in [0.25, 0.3) is 10.8 Å². The molecular formula is C15H19N. The maximum Gasteiger partial charge on any atom is 0.0239 e. The molecular weight excluding hydrogens is 194 g/mol. The predicted molar refractivity (Wildman–Crippen MR) is 70.6 cm³/mol. The molecule has 0 unspecified atom stereocenters. The van der Waals surface area contributed by atoms with Crippen molar-refractivity contribution in [1.29, 1.82) is 0 Å². The second kappa shape index (κ2) is 5.13. The minimum absolute atomic E-state index is 1.05. The third-order valence-corrected chi connectivity index (χ3v) is 3.17. The molecule has 0 spiro atoms. The molecule has 0 aromatic heterocycles. The Morgan fingerprint density at radius 1 is 0.875 bits per heavy atom. The molecule has 0 heterocycles. The van der Waals surface area contributed by atoms with Crippen LogP contribution in [0.2, 0.25) is 0 Å². The van der Waals surface area contributed by atoms with E-state index in [4.69, 9.17) is 0 Å². The molecule has 2 aromatic carbocycles. The van der Waals surface area contributed by atoms with Crippen LogP contribution in [0.3, 0.4) is 0 Å². The van der Waals surface area contributed by atoms with Crippen molar-refractivity contribution in [3.05, 3.63) is 48.0 Å². The van der Waals surface area contributed by atoms with E-state index in [1.807, 2.05) is 0 Å². The van der Waals surface area contributed by atoms with Crippen LogP contribution in [-0.4, -0.2) is 18.0 Å². The van der Waals surface area contributed by atoms with Gasteiger partial charge < -0.3 is 0 Å². The van der Waals surface area contributed by atoms with E-state index in [0.717, 1.165) is 19.6 Å². The number of benzene rings is 2. The highest BCUT2D eigenvalue weighted by Crippen LogP contribution is 2.19. The highest BCUT2D eigenvalue weighted by atomic mass is 15.1. The molecule has 16 heavy (non-hydrogen) atoms. The minimum Gasteiger partial charge on any atom is -0.300 e. The molecule has 0 amide bonds. The first-order valence-electron chi connectivity index (χ1n) is 6.04. The van der Waals surface area contributed by atoms with Gasteiger partial charge >= 0.3 is 0 Å². The van der Waals surface area contributed by atoms with Crippen LogP contribution in [0.1, 0.15) is 19.4 Å². The van der Waals surface area contributed by atoms with Crippen LogP contribution in [0.4, 0.5) is 0 Å². The molecule has 1 heteroatoms. The van der Waals surface area contributed by atoms with Crippen LogP contribution >= 0.6 is 0 Å². The van der Waals surface area contributed by atoms with Crippen molar-refractivity contribution in [2.75, 3.05) is 13.1 Å². The number of fused-ring (bicyclic) bond motifs is 1. The van der Waals surface area contributed by atoms with Crippen molar-refractivity contribution in [2.45, 2.75) is 20.4 Å². The Hall–Kier alpha value is -1.34. The van der Waals surface area contributed by atoms with Gasteiger partial charge in [0.05, 0.1) is 0 Å². The third kappa shape index (κ3) is 2.25. The number of hydrogen-bond acceptors (Lipinski definition) is 1. The summed E-state index contributed by atoms with van der Waals surface area (Å²) in [7, 11) is 0. The topological polar surface area (TPSA) is 3.24 Å². The molecule has 2 aromatic rings. The summed E-state index contributed by atoms with van der Waals surface area (Å²) in [6.07, 6.45) is 0. The molecule has 0 bridgehead atoms. The Morgan fingerprint density at radius 3 is 2.31 bits per heavy atom. The average Bonchev–Trinajstić information content (AvgIpc) is 2.36. The van der Waals surface area contributed by atoms with Gasteiger partial charge in [0.25, 0.3) is 0 Å². The van der Waals surface area contributed by atoms with E-state index in [0.29, 0.717) is 0 Å². The van der Waals surface area contributed by atoms with Crippen LogP contribution in [0.15, 0.2) is 42.5 Å². The number of hydrogen-bond donors (Lipinski definition) is 0. The largest absolute Gasteiger partial charge is 0.300 e. The molecule has 0 saturated carbocycles. The standard InChI is InChI=1S/C15H19N/c1-3-16(4-2)12-14-10-7-9-13-8-5-6-11-15(13)14/h5-11H,3-4,12H2,1-2H3. The molecule has 0 aliphatic rings. The van der Waals surface area contributed by atoms with Crippen molar-refractivity contribution in [3.8, 4) is 0 Å². The maximum absolute atomic E-state index is 2.45. The Bertz CT molecular complexity index is 452. The lowest BCUT2D eigenvalue weighted by atomic mass is 10.0. The molecule has 84 valence electrons. The molecule has 0 aliphatic heterocycles. The fourth-order valence-electron chi connectivity index (χ4n) is 2.12. The van der Waals surface area contributed by atoms with Crippen LogP contribution in [-0.2, 0) is 6.54 Å². The SMILES string of the molecule is CCN(CC)Cc1cccc2ccccc12. The first-order valence-corrected chi connectivity index (χ1v) is 6.04. The summed E-state index contributed by atoms with van der Waals surface area (Å²) < 4.78 is 0. The highest BCUT2D eigenvalue weighted by Gasteiger charge is 2.04.